The molecule has 0 aromatic rings. The molecule has 8 nitrogen and oxygen atoms in total. The maximum atomic E-state index is 12.5. The van der Waals surface area contributed by atoms with Crippen LogP contribution in [0, 0.1) is 5.92 Å². The maximum Gasteiger partial charge on any atom is 0.306 e. The fraction of sp³-hybridized carbons (Fsp3) is 0.822. The van der Waals surface area contributed by atoms with Gasteiger partial charge in [-0.3, -0.25) is 19.2 Å². The number of ether oxygens (including phenoxy) is 3. The van der Waals surface area contributed by atoms with Crippen molar-refractivity contribution in [2.24, 2.45) is 5.92 Å². The highest BCUT2D eigenvalue weighted by atomic mass is 16.6. The van der Waals surface area contributed by atoms with Crippen LogP contribution in [0.3, 0.4) is 0 Å². The fourth-order valence-electron chi connectivity index (χ4n) is 6.20. The van der Waals surface area contributed by atoms with E-state index in [1.165, 1.54) is 89.9 Å². The summed E-state index contributed by atoms with van der Waals surface area (Å²) in [5, 5.41) is 9.01. The predicted octanol–water partition coefficient (Wildman–Crippen LogP) is 12.6. The van der Waals surface area contributed by atoms with Crippen molar-refractivity contribution in [2.45, 2.75) is 219 Å². The Hall–Kier alpha value is -2.64. The molecule has 0 saturated carbocycles. The first-order chi connectivity index (χ1) is 25.8. The molecule has 0 radical (unpaired) electrons. The Morgan fingerprint density at radius 1 is 0.472 bits per heavy atom. The predicted molar refractivity (Wildman–Crippen MR) is 217 cm³/mol. The Kier molecular flexibility index (Phi) is 37.1. The minimum absolute atomic E-state index is 0.0888. The molecule has 0 bridgehead atoms. The van der Waals surface area contributed by atoms with Crippen molar-refractivity contribution in [3.63, 3.8) is 0 Å². The van der Waals surface area contributed by atoms with Crippen LogP contribution in [0.25, 0.3) is 0 Å². The lowest BCUT2D eigenvalue weighted by Crippen LogP contribution is -2.31. The number of allylic oxidation sites excluding steroid dienone is 4. The minimum atomic E-state index is -0.990. The van der Waals surface area contributed by atoms with Crippen molar-refractivity contribution < 1.29 is 38.5 Å². The summed E-state index contributed by atoms with van der Waals surface area (Å²) in [6.07, 6.45) is 39.2. The smallest absolute Gasteiger partial charge is 0.306 e. The summed E-state index contributed by atoms with van der Waals surface area (Å²) in [5.41, 5.74) is 0. The van der Waals surface area contributed by atoms with Crippen LogP contribution in [0.1, 0.15) is 213 Å². The van der Waals surface area contributed by atoms with E-state index < -0.39 is 24.0 Å². The molecule has 1 atom stereocenters. The van der Waals surface area contributed by atoms with Crippen molar-refractivity contribution in [3.8, 4) is 0 Å². The van der Waals surface area contributed by atoms with Gasteiger partial charge in [-0.1, -0.05) is 148 Å². The minimum Gasteiger partial charge on any atom is -0.481 e. The van der Waals surface area contributed by atoms with E-state index in [0.717, 1.165) is 77.0 Å². The standard InChI is InChI=1S/C45H80O8/c1-4-6-8-10-12-14-16-18-20-22-24-26-28-30-32-34-43(48)51-38-41(53-45(50)37-40(3)36-42(46)47)39-52-44(49)35-33-31-29-27-25-23-21-19-17-15-13-11-9-7-5-2/h18-21,40-41H,4-17,22-39H2,1-3H3,(H,46,47)/b20-18-,21-19-. The van der Waals surface area contributed by atoms with Crippen LogP contribution in [0.4, 0.5) is 0 Å². The van der Waals surface area contributed by atoms with E-state index in [1.807, 2.05) is 0 Å². The number of aliphatic carboxylic acids is 1. The van der Waals surface area contributed by atoms with Crippen molar-refractivity contribution in [2.75, 3.05) is 13.2 Å². The molecule has 0 rings (SSSR count). The van der Waals surface area contributed by atoms with Crippen LogP contribution in [0.5, 0.6) is 0 Å². The van der Waals surface area contributed by atoms with Gasteiger partial charge in [0.25, 0.3) is 0 Å². The summed E-state index contributed by atoms with van der Waals surface area (Å²) in [4.78, 5) is 48.3. The molecule has 0 aromatic heterocycles. The highest BCUT2D eigenvalue weighted by molar-refractivity contribution is 5.72. The molecule has 53 heavy (non-hydrogen) atoms. The second-order valence-corrected chi connectivity index (χ2v) is 15.1. The Bertz CT molecular complexity index is 887. The number of carboxylic acids is 1. The number of hydrogen-bond donors (Lipinski definition) is 1. The Morgan fingerprint density at radius 3 is 1.17 bits per heavy atom. The van der Waals surface area contributed by atoms with Gasteiger partial charge in [-0.15, -0.1) is 0 Å². The summed E-state index contributed by atoms with van der Waals surface area (Å²) in [6.45, 7) is 5.74. The van der Waals surface area contributed by atoms with Gasteiger partial charge in [0.05, 0.1) is 0 Å². The van der Waals surface area contributed by atoms with E-state index in [0.29, 0.717) is 0 Å². The third-order valence-corrected chi connectivity index (χ3v) is 9.48. The Morgan fingerprint density at radius 2 is 0.811 bits per heavy atom. The molecule has 0 aliphatic carbocycles. The molecule has 0 saturated heterocycles. The SMILES string of the molecule is CCCCCCCC/C=C\CCCCCCCC(=O)OCC(COC(=O)CCCCCCC/C=C\CCCCCCCC)OC(=O)CC(C)CC(=O)O. The lowest BCUT2D eigenvalue weighted by molar-refractivity contribution is -0.167. The van der Waals surface area contributed by atoms with Gasteiger partial charge in [-0.2, -0.15) is 0 Å². The number of carbonyl (C=O) groups excluding carboxylic acids is 3. The third-order valence-electron chi connectivity index (χ3n) is 9.48. The lowest BCUT2D eigenvalue weighted by atomic mass is 10.0. The van der Waals surface area contributed by atoms with E-state index >= 15 is 0 Å². The number of rotatable bonds is 39. The van der Waals surface area contributed by atoms with Crippen LogP contribution in [-0.4, -0.2) is 48.3 Å². The molecular weight excluding hydrogens is 668 g/mol. The van der Waals surface area contributed by atoms with Crippen molar-refractivity contribution in [3.05, 3.63) is 24.3 Å². The molecule has 8 heteroatoms. The summed E-state index contributed by atoms with van der Waals surface area (Å²) >= 11 is 0. The molecule has 0 aliphatic rings. The van der Waals surface area contributed by atoms with Gasteiger partial charge in [0.15, 0.2) is 6.10 Å². The zero-order valence-corrected chi connectivity index (χ0v) is 34.4. The topological polar surface area (TPSA) is 116 Å². The summed E-state index contributed by atoms with van der Waals surface area (Å²) < 4.78 is 16.3. The number of esters is 3. The molecule has 0 spiro atoms. The Labute approximate surface area is 324 Å². The molecular formula is C45H80O8. The number of carboxylic acid groups (broad SMARTS) is 1. The van der Waals surface area contributed by atoms with Gasteiger partial charge >= 0.3 is 23.9 Å². The van der Waals surface area contributed by atoms with Crippen LogP contribution >= 0.6 is 0 Å². The number of carbonyl (C=O) groups is 4. The van der Waals surface area contributed by atoms with E-state index in [4.69, 9.17) is 19.3 Å². The summed E-state index contributed by atoms with van der Waals surface area (Å²) in [5.74, 6) is -2.75. The van der Waals surface area contributed by atoms with Crippen LogP contribution in [-0.2, 0) is 33.4 Å². The second-order valence-electron chi connectivity index (χ2n) is 15.1. The number of hydrogen-bond acceptors (Lipinski definition) is 7. The molecule has 0 amide bonds. The molecule has 1 N–H and O–H groups in total. The van der Waals surface area contributed by atoms with Crippen molar-refractivity contribution in [1.82, 2.24) is 0 Å². The van der Waals surface area contributed by atoms with E-state index in [2.05, 4.69) is 38.2 Å². The Balaban J connectivity index is 4.24. The van der Waals surface area contributed by atoms with Gasteiger partial charge in [0.2, 0.25) is 0 Å². The molecule has 0 aromatic carbocycles. The van der Waals surface area contributed by atoms with Crippen molar-refractivity contribution >= 4 is 23.9 Å². The first kappa shape index (κ1) is 50.4. The summed E-state index contributed by atoms with van der Waals surface area (Å²) in [7, 11) is 0. The van der Waals surface area contributed by atoms with Crippen LogP contribution in [0.2, 0.25) is 0 Å². The average molecular weight is 749 g/mol. The van der Waals surface area contributed by atoms with Gasteiger partial charge in [-0.25, -0.2) is 0 Å². The van der Waals surface area contributed by atoms with E-state index in [-0.39, 0.29) is 50.8 Å². The van der Waals surface area contributed by atoms with Gasteiger partial charge in [0.1, 0.15) is 13.2 Å². The first-order valence-electron chi connectivity index (χ1n) is 21.8. The van der Waals surface area contributed by atoms with Crippen LogP contribution in [0.15, 0.2) is 24.3 Å². The maximum absolute atomic E-state index is 12.5. The molecule has 1 unspecified atom stereocenters. The van der Waals surface area contributed by atoms with Crippen LogP contribution < -0.4 is 0 Å². The third kappa shape index (κ3) is 38.9. The zero-order valence-electron chi connectivity index (χ0n) is 34.4. The normalized spacial score (nSPS) is 12.2. The first-order valence-corrected chi connectivity index (χ1v) is 21.8. The second kappa shape index (κ2) is 39.1. The van der Waals surface area contributed by atoms with Gasteiger partial charge in [-0.05, 0) is 70.1 Å². The number of unbranched alkanes of at least 4 members (excludes halogenated alkanes) is 22. The van der Waals surface area contributed by atoms with Crippen molar-refractivity contribution in [1.29, 1.82) is 0 Å². The largest absolute Gasteiger partial charge is 0.481 e. The monoisotopic (exact) mass is 749 g/mol. The van der Waals surface area contributed by atoms with E-state index in [1.54, 1.807) is 6.92 Å². The molecule has 0 fully saturated rings. The highest BCUT2D eigenvalue weighted by Gasteiger charge is 2.21. The van der Waals surface area contributed by atoms with Gasteiger partial charge < -0.3 is 19.3 Å². The lowest BCUT2D eigenvalue weighted by Gasteiger charge is -2.19. The zero-order chi connectivity index (χ0) is 39.0. The molecule has 0 heterocycles. The fourth-order valence-corrected chi connectivity index (χ4v) is 6.20. The average Bonchev–Trinajstić information content (AvgIpc) is 3.12. The molecule has 308 valence electrons. The highest BCUT2D eigenvalue weighted by Crippen LogP contribution is 2.14. The van der Waals surface area contributed by atoms with E-state index in [9.17, 15) is 19.2 Å². The quantitative estimate of drug-likeness (QED) is 0.0286. The van der Waals surface area contributed by atoms with Gasteiger partial charge in [0, 0.05) is 25.7 Å². The summed E-state index contributed by atoms with van der Waals surface area (Å²) in [6, 6.07) is 0. The molecule has 0 aliphatic heterocycles.